The minimum atomic E-state index is 0.481. The van der Waals surface area contributed by atoms with E-state index in [1.54, 1.807) is 7.11 Å². The number of nitrogens with zero attached hydrogens (tertiary/aromatic N) is 1. The van der Waals surface area contributed by atoms with E-state index in [1.807, 2.05) is 7.05 Å². The minimum absolute atomic E-state index is 0.481. The fraction of sp³-hybridized carbons (Fsp3) is 1.00. The second-order valence-electron chi connectivity index (χ2n) is 4.25. The van der Waals surface area contributed by atoms with E-state index in [9.17, 15) is 0 Å². The first-order valence-corrected chi connectivity index (χ1v) is 5.40. The van der Waals surface area contributed by atoms with Crippen molar-refractivity contribution in [3.05, 3.63) is 0 Å². The highest BCUT2D eigenvalue weighted by Crippen LogP contribution is 2.11. The first kappa shape index (κ1) is 13.9. The highest BCUT2D eigenvalue weighted by Gasteiger charge is 2.20. The van der Waals surface area contributed by atoms with Crippen LogP contribution in [0, 0.1) is 5.92 Å². The van der Waals surface area contributed by atoms with Crippen LogP contribution in [0.1, 0.15) is 20.8 Å². The van der Waals surface area contributed by atoms with Crippen molar-refractivity contribution in [3.8, 4) is 0 Å². The van der Waals surface area contributed by atoms with Gasteiger partial charge in [0.2, 0.25) is 0 Å². The van der Waals surface area contributed by atoms with Crippen molar-refractivity contribution in [2.24, 2.45) is 5.92 Å². The van der Waals surface area contributed by atoms with Gasteiger partial charge in [-0.25, -0.2) is 0 Å². The molecule has 0 heterocycles. The maximum Gasteiger partial charge on any atom is 0.0615 e. The summed E-state index contributed by atoms with van der Waals surface area (Å²) in [6, 6.07) is 1.06. The fourth-order valence-corrected chi connectivity index (χ4v) is 1.65. The fourth-order valence-electron chi connectivity index (χ4n) is 1.65. The van der Waals surface area contributed by atoms with Crippen molar-refractivity contribution < 1.29 is 4.74 Å². The van der Waals surface area contributed by atoms with Gasteiger partial charge in [0.15, 0.2) is 0 Å². The highest BCUT2D eigenvalue weighted by atomic mass is 16.5. The molecule has 0 saturated heterocycles. The van der Waals surface area contributed by atoms with Crippen molar-refractivity contribution in [1.29, 1.82) is 0 Å². The molecule has 0 bridgehead atoms. The van der Waals surface area contributed by atoms with Gasteiger partial charge in [-0.2, -0.15) is 0 Å². The predicted molar refractivity (Wildman–Crippen MR) is 61.7 cm³/mol. The van der Waals surface area contributed by atoms with Crippen LogP contribution < -0.4 is 5.32 Å². The molecule has 0 aromatic rings. The molecule has 3 unspecified atom stereocenters. The molecular formula is C11H26N2O. The number of hydrogen-bond donors (Lipinski definition) is 1. The molecule has 0 fully saturated rings. The summed E-state index contributed by atoms with van der Waals surface area (Å²) in [6.45, 7) is 8.61. The Bertz CT molecular complexity index is 125. The third-order valence-corrected chi connectivity index (χ3v) is 3.10. The van der Waals surface area contributed by atoms with E-state index in [0.717, 1.165) is 13.2 Å². The summed E-state index contributed by atoms with van der Waals surface area (Å²) < 4.78 is 5.16. The Labute approximate surface area is 88.8 Å². The Morgan fingerprint density at radius 3 is 2.29 bits per heavy atom. The van der Waals surface area contributed by atoms with Gasteiger partial charge in [-0.1, -0.05) is 6.92 Å². The summed E-state index contributed by atoms with van der Waals surface area (Å²) in [5.41, 5.74) is 0. The zero-order chi connectivity index (χ0) is 11.1. The van der Waals surface area contributed by atoms with E-state index in [1.165, 1.54) is 0 Å². The average Bonchev–Trinajstić information content (AvgIpc) is 2.16. The number of methoxy groups -OCH3 is 1. The summed E-state index contributed by atoms with van der Waals surface area (Å²) >= 11 is 0. The SMILES string of the molecule is CNCC(C)C(C)N(C)C(C)COC. The summed E-state index contributed by atoms with van der Waals surface area (Å²) in [6.07, 6.45) is 0. The summed E-state index contributed by atoms with van der Waals surface area (Å²) in [5.74, 6) is 0.657. The first-order valence-electron chi connectivity index (χ1n) is 5.40. The largest absolute Gasteiger partial charge is 0.383 e. The van der Waals surface area contributed by atoms with Gasteiger partial charge in [-0.3, -0.25) is 4.90 Å². The van der Waals surface area contributed by atoms with Crippen LogP contribution in [0.15, 0.2) is 0 Å². The van der Waals surface area contributed by atoms with Gasteiger partial charge >= 0.3 is 0 Å². The van der Waals surface area contributed by atoms with E-state index >= 15 is 0 Å². The van der Waals surface area contributed by atoms with Gasteiger partial charge in [0.1, 0.15) is 0 Å². The minimum Gasteiger partial charge on any atom is -0.383 e. The molecule has 0 amide bonds. The number of rotatable bonds is 7. The molecule has 0 aromatic carbocycles. The molecule has 0 spiro atoms. The topological polar surface area (TPSA) is 24.5 Å². The lowest BCUT2D eigenvalue weighted by molar-refractivity contribution is 0.0772. The van der Waals surface area contributed by atoms with Crippen LogP contribution in [0.5, 0.6) is 0 Å². The van der Waals surface area contributed by atoms with Crippen molar-refractivity contribution >= 4 is 0 Å². The summed E-state index contributed by atoms with van der Waals surface area (Å²) in [4.78, 5) is 2.38. The van der Waals surface area contributed by atoms with Crippen LogP contribution in [-0.2, 0) is 4.74 Å². The molecule has 0 aliphatic rings. The van der Waals surface area contributed by atoms with Crippen LogP contribution in [-0.4, -0.2) is 51.3 Å². The molecule has 86 valence electrons. The van der Waals surface area contributed by atoms with Gasteiger partial charge in [0.25, 0.3) is 0 Å². The van der Waals surface area contributed by atoms with Gasteiger partial charge < -0.3 is 10.1 Å². The highest BCUT2D eigenvalue weighted by molar-refractivity contribution is 4.75. The number of nitrogens with one attached hydrogen (secondary N) is 1. The average molecular weight is 202 g/mol. The molecule has 0 aliphatic carbocycles. The van der Waals surface area contributed by atoms with Crippen molar-refractivity contribution in [2.45, 2.75) is 32.9 Å². The molecule has 0 aromatic heterocycles. The van der Waals surface area contributed by atoms with E-state index in [4.69, 9.17) is 4.74 Å². The quantitative estimate of drug-likeness (QED) is 0.671. The van der Waals surface area contributed by atoms with E-state index in [0.29, 0.717) is 18.0 Å². The van der Waals surface area contributed by atoms with Crippen molar-refractivity contribution in [2.75, 3.05) is 34.4 Å². The number of likely N-dealkylation sites (N-methyl/N-ethyl adjacent to an activating group) is 1. The Morgan fingerprint density at radius 1 is 1.29 bits per heavy atom. The lowest BCUT2D eigenvalue weighted by Crippen LogP contribution is -2.44. The number of ether oxygens (including phenoxy) is 1. The van der Waals surface area contributed by atoms with Crippen LogP contribution in [0.25, 0.3) is 0 Å². The zero-order valence-corrected chi connectivity index (χ0v) is 10.5. The zero-order valence-electron chi connectivity index (χ0n) is 10.5. The molecule has 3 atom stereocenters. The normalized spacial score (nSPS) is 18.2. The molecule has 3 heteroatoms. The molecule has 0 radical (unpaired) electrons. The molecule has 0 saturated carbocycles. The van der Waals surface area contributed by atoms with E-state index in [2.05, 4.69) is 38.0 Å². The molecule has 3 nitrogen and oxygen atoms in total. The third-order valence-electron chi connectivity index (χ3n) is 3.10. The Morgan fingerprint density at radius 2 is 1.86 bits per heavy atom. The van der Waals surface area contributed by atoms with Crippen molar-refractivity contribution in [1.82, 2.24) is 10.2 Å². The van der Waals surface area contributed by atoms with Crippen LogP contribution in [0.4, 0.5) is 0 Å². The third kappa shape index (κ3) is 4.40. The first-order chi connectivity index (χ1) is 6.54. The summed E-state index contributed by atoms with van der Waals surface area (Å²) in [5, 5.41) is 3.22. The predicted octanol–water partition coefficient (Wildman–Crippen LogP) is 1.20. The van der Waals surface area contributed by atoms with Gasteiger partial charge in [0, 0.05) is 19.2 Å². The maximum atomic E-state index is 5.16. The maximum absolute atomic E-state index is 5.16. The smallest absolute Gasteiger partial charge is 0.0615 e. The van der Waals surface area contributed by atoms with E-state index in [-0.39, 0.29) is 0 Å². The lowest BCUT2D eigenvalue weighted by atomic mass is 10.0. The number of hydrogen-bond acceptors (Lipinski definition) is 3. The lowest BCUT2D eigenvalue weighted by Gasteiger charge is -2.34. The second-order valence-corrected chi connectivity index (χ2v) is 4.25. The van der Waals surface area contributed by atoms with Gasteiger partial charge in [0.05, 0.1) is 6.61 Å². The van der Waals surface area contributed by atoms with Crippen LogP contribution in [0.3, 0.4) is 0 Å². The Kier molecular flexibility index (Phi) is 7.15. The molecule has 0 aliphatic heterocycles. The monoisotopic (exact) mass is 202 g/mol. The molecule has 1 N–H and O–H groups in total. The van der Waals surface area contributed by atoms with Crippen LogP contribution in [0.2, 0.25) is 0 Å². The standard InChI is InChI=1S/C11H26N2O/c1-9(7-12-4)11(3)13(5)10(2)8-14-6/h9-12H,7-8H2,1-6H3. The summed E-state index contributed by atoms with van der Waals surface area (Å²) in [7, 11) is 5.92. The molecular weight excluding hydrogens is 176 g/mol. The van der Waals surface area contributed by atoms with Gasteiger partial charge in [-0.05, 0) is 40.4 Å². The van der Waals surface area contributed by atoms with Gasteiger partial charge in [-0.15, -0.1) is 0 Å². The molecule has 14 heavy (non-hydrogen) atoms. The Hall–Kier alpha value is -0.120. The molecule has 0 rings (SSSR count). The Balaban J connectivity index is 4.01. The van der Waals surface area contributed by atoms with Crippen LogP contribution >= 0.6 is 0 Å². The van der Waals surface area contributed by atoms with E-state index < -0.39 is 0 Å². The second kappa shape index (κ2) is 7.21. The van der Waals surface area contributed by atoms with Crippen molar-refractivity contribution in [3.63, 3.8) is 0 Å².